The Morgan fingerprint density at radius 3 is 2.42 bits per heavy atom. The number of hydrogen-bond acceptors (Lipinski definition) is 4. The Labute approximate surface area is 119 Å². The summed E-state index contributed by atoms with van der Waals surface area (Å²) in [6, 6.07) is 3.76. The van der Waals surface area contributed by atoms with Gasteiger partial charge in [-0.2, -0.15) is 0 Å². The highest BCUT2D eigenvalue weighted by Crippen LogP contribution is 2.37. The first-order chi connectivity index (χ1) is 9.04. The average molecular weight is 288 g/mol. The fourth-order valence-corrected chi connectivity index (χ4v) is 2.12. The number of methoxy groups -OCH3 is 2. The molecule has 0 aliphatic heterocycles. The molecule has 0 fully saturated rings. The number of halogens is 1. The third-order valence-electron chi connectivity index (χ3n) is 3.12. The Morgan fingerprint density at radius 2 is 1.95 bits per heavy atom. The fraction of sp³-hybridized carbons (Fsp3) is 0.571. The van der Waals surface area contributed by atoms with Gasteiger partial charge in [0, 0.05) is 12.6 Å². The largest absolute Gasteiger partial charge is 0.493 e. The Morgan fingerprint density at radius 1 is 1.26 bits per heavy atom. The van der Waals surface area contributed by atoms with Gasteiger partial charge in [0.1, 0.15) is 0 Å². The molecular weight excluding hydrogens is 266 g/mol. The van der Waals surface area contributed by atoms with E-state index in [0.717, 1.165) is 5.56 Å². The molecule has 0 saturated carbocycles. The van der Waals surface area contributed by atoms with E-state index in [1.54, 1.807) is 14.2 Å². The second kappa shape index (κ2) is 7.58. The van der Waals surface area contributed by atoms with Gasteiger partial charge in [0.25, 0.3) is 0 Å². The summed E-state index contributed by atoms with van der Waals surface area (Å²) in [5.74, 6) is 1.50. The normalized spacial score (nSPS) is 12.6. The van der Waals surface area contributed by atoms with Gasteiger partial charge in [-0.15, -0.1) is 0 Å². The van der Waals surface area contributed by atoms with Gasteiger partial charge >= 0.3 is 0 Å². The van der Waals surface area contributed by atoms with Crippen LogP contribution in [-0.4, -0.2) is 32.0 Å². The van der Waals surface area contributed by atoms with Crippen molar-refractivity contribution in [3.63, 3.8) is 0 Å². The van der Waals surface area contributed by atoms with Crippen LogP contribution in [0.25, 0.3) is 0 Å². The predicted molar refractivity (Wildman–Crippen MR) is 77.1 cm³/mol. The molecule has 1 aromatic carbocycles. The fourth-order valence-electron chi connectivity index (χ4n) is 1.82. The molecule has 0 spiro atoms. The molecule has 0 aliphatic rings. The molecule has 2 N–H and O–H groups in total. The van der Waals surface area contributed by atoms with Crippen molar-refractivity contribution in [2.24, 2.45) is 5.92 Å². The van der Waals surface area contributed by atoms with Crippen LogP contribution in [0.4, 0.5) is 0 Å². The van der Waals surface area contributed by atoms with E-state index in [1.165, 1.54) is 0 Å². The zero-order valence-corrected chi connectivity index (χ0v) is 12.6. The van der Waals surface area contributed by atoms with Gasteiger partial charge in [-0.05, 0) is 17.5 Å². The maximum absolute atomic E-state index is 9.29. The van der Waals surface area contributed by atoms with E-state index in [2.05, 4.69) is 19.2 Å². The standard InChI is InChI=1S/C14H22ClNO3/c1-9(2)11(8-17)16-7-10-5-6-12(18-3)14(19-4)13(10)15/h5-6,9,11,16-17H,7-8H2,1-4H3. The minimum absolute atomic E-state index is 0.0455. The molecule has 1 atom stereocenters. The SMILES string of the molecule is COc1ccc(CNC(CO)C(C)C)c(Cl)c1OC. The zero-order valence-electron chi connectivity index (χ0n) is 11.9. The first kappa shape index (κ1) is 16.1. The highest BCUT2D eigenvalue weighted by Gasteiger charge is 2.15. The lowest BCUT2D eigenvalue weighted by Crippen LogP contribution is -2.36. The second-order valence-corrected chi connectivity index (χ2v) is 5.07. The Bertz CT molecular complexity index is 410. The van der Waals surface area contributed by atoms with Crippen LogP contribution in [0.1, 0.15) is 19.4 Å². The maximum Gasteiger partial charge on any atom is 0.179 e. The number of rotatable bonds is 7. The lowest BCUT2D eigenvalue weighted by atomic mass is 10.0. The highest BCUT2D eigenvalue weighted by atomic mass is 35.5. The molecular formula is C14H22ClNO3. The second-order valence-electron chi connectivity index (χ2n) is 4.69. The van der Waals surface area contributed by atoms with Gasteiger partial charge in [0.15, 0.2) is 11.5 Å². The quantitative estimate of drug-likeness (QED) is 0.809. The number of aliphatic hydroxyl groups excluding tert-OH is 1. The lowest BCUT2D eigenvalue weighted by molar-refractivity contribution is 0.210. The molecule has 0 amide bonds. The first-order valence-corrected chi connectivity index (χ1v) is 6.66. The van der Waals surface area contributed by atoms with Crippen LogP contribution >= 0.6 is 11.6 Å². The molecule has 5 heteroatoms. The van der Waals surface area contributed by atoms with Crippen molar-refractivity contribution in [2.45, 2.75) is 26.4 Å². The van der Waals surface area contributed by atoms with Crippen molar-refractivity contribution < 1.29 is 14.6 Å². The van der Waals surface area contributed by atoms with Crippen molar-refractivity contribution in [1.82, 2.24) is 5.32 Å². The molecule has 0 saturated heterocycles. The molecule has 1 rings (SSSR count). The summed E-state index contributed by atoms with van der Waals surface area (Å²) >= 11 is 6.29. The Kier molecular flexibility index (Phi) is 6.42. The zero-order chi connectivity index (χ0) is 14.4. The van der Waals surface area contributed by atoms with Gasteiger partial charge in [0.05, 0.1) is 25.8 Å². The minimum atomic E-state index is 0.0455. The summed E-state index contributed by atoms with van der Waals surface area (Å²) in [5, 5.41) is 13.1. The van der Waals surface area contributed by atoms with E-state index in [9.17, 15) is 5.11 Å². The molecule has 1 unspecified atom stereocenters. The maximum atomic E-state index is 9.29. The van der Waals surface area contributed by atoms with Gasteiger partial charge < -0.3 is 19.9 Å². The molecule has 0 aromatic heterocycles. The van der Waals surface area contributed by atoms with E-state index in [4.69, 9.17) is 21.1 Å². The molecule has 4 nitrogen and oxygen atoms in total. The van der Waals surface area contributed by atoms with E-state index in [-0.39, 0.29) is 12.6 Å². The average Bonchev–Trinajstić information content (AvgIpc) is 2.40. The third kappa shape index (κ3) is 4.00. The van der Waals surface area contributed by atoms with E-state index < -0.39 is 0 Å². The van der Waals surface area contributed by atoms with Crippen LogP contribution in [0.2, 0.25) is 5.02 Å². The van der Waals surface area contributed by atoms with Crippen LogP contribution in [0.15, 0.2) is 12.1 Å². The van der Waals surface area contributed by atoms with Crippen LogP contribution < -0.4 is 14.8 Å². The van der Waals surface area contributed by atoms with Crippen molar-refractivity contribution in [1.29, 1.82) is 0 Å². The number of benzene rings is 1. The summed E-state index contributed by atoms with van der Waals surface area (Å²) in [6.45, 7) is 4.79. The van der Waals surface area contributed by atoms with Crippen molar-refractivity contribution in [2.75, 3.05) is 20.8 Å². The van der Waals surface area contributed by atoms with Gasteiger partial charge in [-0.3, -0.25) is 0 Å². The topological polar surface area (TPSA) is 50.7 Å². The summed E-state index contributed by atoms with van der Waals surface area (Å²) < 4.78 is 10.4. The summed E-state index contributed by atoms with van der Waals surface area (Å²) in [6.07, 6.45) is 0. The van der Waals surface area contributed by atoms with Crippen LogP contribution in [0.5, 0.6) is 11.5 Å². The number of hydrogen-bond donors (Lipinski definition) is 2. The summed E-state index contributed by atoms with van der Waals surface area (Å²) in [4.78, 5) is 0. The lowest BCUT2D eigenvalue weighted by Gasteiger charge is -2.21. The number of nitrogens with one attached hydrogen (secondary N) is 1. The molecule has 0 heterocycles. The van der Waals surface area contributed by atoms with Gasteiger partial charge in [-0.25, -0.2) is 0 Å². The van der Waals surface area contributed by atoms with Crippen LogP contribution in [-0.2, 0) is 6.54 Å². The molecule has 108 valence electrons. The highest BCUT2D eigenvalue weighted by molar-refractivity contribution is 6.33. The van der Waals surface area contributed by atoms with E-state index >= 15 is 0 Å². The number of ether oxygens (including phenoxy) is 2. The third-order valence-corrected chi connectivity index (χ3v) is 3.54. The summed E-state index contributed by atoms with van der Waals surface area (Å²) in [7, 11) is 3.14. The molecule has 1 aromatic rings. The molecule has 0 aliphatic carbocycles. The van der Waals surface area contributed by atoms with Gasteiger partial charge in [-0.1, -0.05) is 31.5 Å². The minimum Gasteiger partial charge on any atom is -0.493 e. The smallest absolute Gasteiger partial charge is 0.179 e. The van der Waals surface area contributed by atoms with E-state index in [1.807, 2.05) is 12.1 Å². The molecule has 0 bridgehead atoms. The van der Waals surface area contributed by atoms with Gasteiger partial charge in [0.2, 0.25) is 0 Å². The molecule has 19 heavy (non-hydrogen) atoms. The van der Waals surface area contributed by atoms with Crippen molar-refractivity contribution in [3.8, 4) is 11.5 Å². The first-order valence-electron chi connectivity index (χ1n) is 6.28. The molecule has 0 radical (unpaired) electrons. The van der Waals surface area contributed by atoms with Crippen LogP contribution in [0.3, 0.4) is 0 Å². The Balaban J connectivity index is 2.85. The van der Waals surface area contributed by atoms with E-state index in [0.29, 0.717) is 29.0 Å². The predicted octanol–water partition coefficient (Wildman–Crippen LogP) is 2.46. The van der Waals surface area contributed by atoms with Crippen molar-refractivity contribution >= 4 is 11.6 Å². The summed E-state index contributed by atoms with van der Waals surface area (Å²) in [5.41, 5.74) is 0.915. The Hall–Kier alpha value is -0.970. The number of aliphatic hydroxyl groups is 1. The van der Waals surface area contributed by atoms with Crippen LogP contribution in [0, 0.1) is 5.92 Å². The van der Waals surface area contributed by atoms with Crippen molar-refractivity contribution in [3.05, 3.63) is 22.7 Å². The monoisotopic (exact) mass is 287 g/mol.